The first-order valence-electron chi connectivity index (χ1n) is 7.09. The largest absolute Gasteiger partial charge is 0.235 e. The molecule has 0 bridgehead atoms. The van der Waals surface area contributed by atoms with Gasteiger partial charge in [-0.1, -0.05) is 20.3 Å². The Balaban J connectivity index is 4.46. The lowest BCUT2D eigenvalue weighted by atomic mass is 9.80. The highest BCUT2D eigenvalue weighted by atomic mass is 16.1. The highest BCUT2D eigenvalue weighted by Gasteiger charge is 2.23. The summed E-state index contributed by atoms with van der Waals surface area (Å²) in [6.45, 7) is 6.73. The van der Waals surface area contributed by atoms with Crippen molar-refractivity contribution >= 4 is 18.2 Å². The molecule has 6 heteroatoms. The molecule has 0 spiro atoms. The molecule has 0 heterocycles. The van der Waals surface area contributed by atoms with Crippen LogP contribution in [0.2, 0.25) is 0 Å². The minimum Gasteiger partial charge on any atom is -0.211 e. The van der Waals surface area contributed by atoms with Gasteiger partial charge in [0.1, 0.15) is 0 Å². The lowest BCUT2D eigenvalue weighted by molar-refractivity contribution is 0.264. The van der Waals surface area contributed by atoms with Crippen LogP contribution in [0.1, 0.15) is 46.5 Å². The van der Waals surface area contributed by atoms with Gasteiger partial charge in [-0.3, -0.25) is 0 Å². The van der Waals surface area contributed by atoms with Gasteiger partial charge in [0.05, 0.1) is 19.1 Å². The third-order valence-corrected chi connectivity index (χ3v) is 3.33. The van der Waals surface area contributed by atoms with Crippen LogP contribution in [0.25, 0.3) is 0 Å². The summed E-state index contributed by atoms with van der Waals surface area (Å²) >= 11 is 0. The van der Waals surface area contributed by atoms with Crippen molar-refractivity contribution in [3.8, 4) is 0 Å². The van der Waals surface area contributed by atoms with Gasteiger partial charge >= 0.3 is 0 Å². The Hall–Kier alpha value is -1.86. The summed E-state index contributed by atoms with van der Waals surface area (Å²) in [7, 11) is 0. The molecule has 2 unspecified atom stereocenters. The van der Waals surface area contributed by atoms with Crippen LogP contribution in [-0.4, -0.2) is 37.4 Å². The fraction of sp³-hybridized carbons (Fsp3) is 0.800. The van der Waals surface area contributed by atoms with Gasteiger partial charge in [-0.2, -0.15) is 0 Å². The number of isocyanates is 3. The predicted octanol–water partition coefficient (Wildman–Crippen LogP) is 2.59. The third-order valence-electron chi connectivity index (χ3n) is 3.33. The van der Waals surface area contributed by atoms with Crippen molar-refractivity contribution in [1.82, 2.24) is 0 Å². The maximum atomic E-state index is 10.3. The molecule has 0 aliphatic carbocycles. The van der Waals surface area contributed by atoms with Crippen LogP contribution in [0, 0.1) is 11.3 Å². The monoisotopic (exact) mass is 293 g/mol. The van der Waals surface area contributed by atoms with Gasteiger partial charge < -0.3 is 0 Å². The van der Waals surface area contributed by atoms with Crippen molar-refractivity contribution in [3.05, 3.63) is 0 Å². The van der Waals surface area contributed by atoms with Gasteiger partial charge in [0.2, 0.25) is 18.2 Å². The van der Waals surface area contributed by atoms with E-state index in [4.69, 9.17) is 0 Å². The predicted molar refractivity (Wildman–Crippen MR) is 79.3 cm³/mol. The SMILES string of the molecule is CC(CCCC(CN=C=O)CC(C)(C)CN=C=O)N=C=O. The van der Waals surface area contributed by atoms with Crippen molar-refractivity contribution in [2.24, 2.45) is 26.3 Å². The molecule has 0 saturated heterocycles. The van der Waals surface area contributed by atoms with E-state index in [1.54, 1.807) is 18.2 Å². The first-order valence-corrected chi connectivity index (χ1v) is 7.09. The Labute approximate surface area is 125 Å². The summed E-state index contributed by atoms with van der Waals surface area (Å²) in [6, 6.07) is -0.0367. The van der Waals surface area contributed by atoms with Crippen molar-refractivity contribution in [2.45, 2.75) is 52.5 Å². The smallest absolute Gasteiger partial charge is 0.211 e. The molecular weight excluding hydrogens is 270 g/mol. The highest BCUT2D eigenvalue weighted by molar-refractivity contribution is 5.33. The molecule has 0 fully saturated rings. The lowest BCUT2D eigenvalue weighted by Gasteiger charge is -2.27. The zero-order valence-electron chi connectivity index (χ0n) is 13.0. The molecule has 2 atom stereocenters. The number of hydrogen-bond acceptors (Lipinski definition) is 6. The fourth-order valence-electron chi connectivity index (χ4n) is 2.37. The van der Waals surface area contributed by atoms with Gasteiger partial charge in [0, 0.05) is 0 Å². The average molecular weight is 293 g/mol. The molecule has 0 N–H and O–H groups in total. The van der Waals surface area contributed by atoms with Crippen LogP contribution in [0.15, 0.2) is 15.0 Å². The summed E-state index contributed by atoms with van der Waals surface area (Å²) in [6.07, 6.45) is 8.03. The van der Waals surface area contributed by atoms with E-state index < -0.39 is 0 Å². The third kappa shape index (κ3) is 10.6. The summed E-state index contributed by atoms with van der Waals surface area (Å²) in [5, 5.41) is 0. The quantitative estimate of drug-likeness (QED) is 0.433. The van der Waals surface area contributed by atoms with E-state index in [1.165, 1.54) is 0 Å². The van der Waals surface area contributed by atoms with E-state index in [2.05, 4.69) is 15.0 Å². The summed E-state index contributed by atoms with van der Waals surface area (Å²) in [4.78, 5) is 41.6. The van der Waals surface area contributed by atoms with E-state index >= 15 is 0 Å². The maximum Gasteiger partial charge on any atom is 0.235 e. The van der Waals surface area contributed by atoms with Gasteiger partial charge in [-0.25, -0.2) is 29.4 Å². The Morgan fingerprint density at radius 3 is 2.24 bits per heavy atom. The van der Waals surface area contributed by atoms with Crippen LogP contribution in [-0.2, 0) is 14.4 Å². The Morgan fingerprint density at radius 1 is 1.00 bits per heavy atom. The van der Waals surface area contributed by atoms with Crippen LogP contribution in [0.3, 0.4) is 0 Å². The van der Waals surface area contributed by atoms with Crippen molar-refractivity contribution < 1.29 is 14.4 Å². The van der Waals surface area contributed by atoms with E-state index in [0.29, 0.717) is 13.1 Å². The topological polar surface area (TPSA) is 88.3 Å². The molecule has 0 aromatic heterocycles. The average Bonchev–Trinajstić information content (AvgIpc) is 2.42. The molecule has 21 heavy (non-hydrogen) atoms. The molecule has 0 amide bonds. The molecule has 0 aromatic carbocycles. The van der Waals surface area contributed by atoms with Gasteiger partial charge in [-0.05, 0) is 37.5 Å². The Kier molecular flexibility index (Phi) is 9.91. The highest BCUT2D eigenvalue weighted by Crippen LogP contribution is 2.29. The van der Waals surface area contributed by atoms with Crippen molar-refractivity contribution in [1.29, 1.82) is 0 Å². The van der Waals surface area contributed by atoms with Gasteiger partial charge in [0.15, 0.2) is 0 Å². The lowest BCUT2D eigenvalue weighted by Crippen LogP contribution is -2.22. The van der Waals surface area contributed by atoms with Gasteiger partial charge in [0.25, 0.3) is 0 Å². The number of carbonyl (C=O) groups excluding carboxylic acids is 3. The number of hydrogen-bond donors (Lipinski definition) is 0. The van der Waals surface area contributed by atoms with E-state index in [0.717, 1.165) is 25.7 Å². The van der Waals surface area contributed by atoms with Crippen molar-refractivity contribution in [3.63, 3.8) is 0 Å². The number of aliphatic imine (C=N–C) groups is 3. The van der Waals surface area contributed by atoms with Crippen molar-refractivity contribution in [2.75, 3.05) is 13.1 Å². The van der Waals surface area contributed by atoms with Crippen LogP contribution in [0.5, 0.6) is 0 Å². The summed E-state index contributed by atoms with van der Waals surface area (Å²) < 4.78 is 0. The van der Waals surface area contributed by atoms with Gasteiger partial charge in [-0.15, -0.1) is 0 Å². The molecule has 6 nitrogen and oxygen atoms in total. The maximum absolute atomic E-state index is 10.3. The first kappa shape index (κ1) is 19.1. The first-order chi connectivity index (χ1) is 9.95. The minimum atomic E-state index is -0.146. The Morgan fingerprint density at radius 2 is 1.67 bits per heavy atom. The normalized spacial score (nSPS) is 13.3. The molecule has 0 aliphatic heterocycles. The fourth-order valence-corrected chi connectivity index (χ4v) is 2.37. The van der Waals surface area contributed by atoms with Crippen LogP contribution < -0.4 is 0 Å². The Bertz CT molecular complexity index is 443. The van der Waals surface area contributed by atoms with E-state index in [9.17, 15) is 14.4 Å². The summed E-state index contributed by atoms with van der Waals surface area (Å²) in [5.41, 5.74) is -0.146. The second-order valence-corrected chi connectivity index (χ2v) is 6.07. The number of rotatable bonds is 11. The standard InChI is InChI=1S/C15H23N3O3/c1-13(18-12-21)5-4-6-14(8-16-10-19)7-15(2,3)9-17-11-20/h13-14H,4-9H2,1-3H3. The van der Waals surface area contributed by atoms with Crippen LogP contribution in [0.4, 0.5) is 0 Å². The zero-order valence-corrected chi connectivity index (χ0v) is 13.0. The molecule has 0 aliphatic rings. The van der Waals surface area contributed by atoms with Crippen LogP contribution >= 0.6 is 0 Å². The molecule has 116 valence electrons. The molecular formula is C15H23N3O3. The second-order valence-electron chi connectivity index (χ2n) is 6.07. The molecule has 0 aromatic rings. The molecule has 0 radical (unpaired) electrons. The number of nitrogens with zero attached hydrogens (tertiary/aromatic N) is 3. The van der Waals surface area contributed by atoms with E-state index in [-0.39, 0.29) is 17.4 Å². The zero-order chi connectivity index (χ0) is 16.1. The molecule has 0 saturated carbocycles. The second kappa shape index (κ2) is 10.9. The molecule has 0 rings (SSSR count). The minimum absolute atomic E-state index is 0.0367. The summed E-state index contributed by atoms with van der Waals surface area (Å²) in [5.74, 6) is 0.218. The van der Waals surface area contributed by atoms with E-state index in [1.807, 2.05) is 20.8 Å².